The van der Waals surface area contributed by atoms with E-state index in [4.69, 9.17) is 0 Å². The number of carbonyl (C=O) groups is 1. The zero-order chi connectivity index (χ0) is 23.4. The van der Waals surface area contributed by atoms with E-state index in [9.17, 15) is 15.0 Å². The standard InChI is InChI=1S/C29H35NO3/c1-28-18-25(19-5-8-21(9-6-19)30(2)3)27-23-12-10-22(32)17-20(23)7-11-24(27)26(28)13-15-29(28,33)14-4-16-31/h5-6,8-9,17,24-26,31,33H,7,10-13,15-16,18H2,1-3H3/t24-,25+,26?,28-,29-/m0/s1. The molecule has 0 spiro atoms. The SMILES string of the molecule is CN(C)c1ccc([C@H]2C[C@@]3(C)C(CC[C@@]3(O)C#CCO)[C@@H]3CCC4=CC(=O)CCC4=C32)cc1. The fraction of sp³-hybridized carbons (Fsp3) is 0.552. The van der Waals surface area contributed by atoms with Crippen LogP contribution >= 0.6 is 0 Å². The third-order valence-corrected chi connectivity index (χ3v) is 9.07. The van der Waals surface area contributed by atoms with Gasteiger partial charge in [0.15, 0.2) is 5.78 Å². The smallest absolute Gasteiger partial charge is 0.156 e. The maximum absolute atomic E-state index is 12.2. The van der Waals surface area contributed by atoms with Gasteiger partial charge in [0.2, 0.25) is 0 Å². The summed E-state index contributed by atoms with van der Waals surface area (Å²) < 4.78 is 0. The lowest BCUT2D eigenvalue weighted by molar-refractivity contribution is -0.114. The predicted molar refractivity (Wildman–Crippen MR) is 131 cm³/mol. The van der Waals surface area contributed by atoms with Crippen LogP contribution < -0.4 is 4.90 Å². The normalized spacial score (nSPS) is 35.1. The first kappa shape index (κ1) is 22.4. The van der Waals surface area contributed by atoms with Crippen LogP contribution in [0.2, 0.25) is 0 Å². The van der Waals surface area contributed by atoms with E-state index >= 15 is 0 Å². The number of carbonyl (C=O) groups excluding carboxylic acids is 1. The first-order valence-electron chi connectivity index (χ1n) is 12.3. The van der Waals surface area contributed by atoms with Gasteiger partial charge in [-0.2, -0.15) is 0 Å². The van der Waals surface area contributed by atoms with Crippen LogP contribution in [0.15, 0.2) is 47.1 Å². The molecule has 0 bridgehead atoms. The zero-order valence-electron chi connectivity index (χ0n) is 20.0. The highest BCUT2D eigenvalue weighted by Gasteiger charge is 2.62. The number of hydrogen-bond acceptors (Lipinski definition) is 4. The summed E-state index contributed by atoms with van der Waals surface area (Å²) in [6.07, 6.45) is 7.80. The number of hydrogen-bond donors (Lipinski definition) is 2. The largest absolute Gasteiger partial charge is 0.384 e. The third kappa shape index (κ3) is 3.49. The number of ketones is 1. The number of allylic oxidation sites excluding steroid dienone is 4. The molecule has 2 N–H and O–H groups in total. The summed E-state index contributed by atoms with van der Waals surface area (Å²) in [4.78, 5) is 14.3. The van der Waals surface area contributed by atoms with Crippen LogP contribution in [0.25, 0.3) is 0 Å². The molecule has 2 fully saturated rings. The Hall–Kier alpha value is -2.35. The maximum atomic E-state index is 12.2. The van der Waals surface area contributed by atoms with Gasteiger partial charge in [0.1, 0.15) is 12.2 Å². The molecule has 1 aromatic rings. The van der Waals surface area contributed by atoms with Crippen molar-refractivity contribution in [2.45, 2.75) is 63.4 Å². The number of aliphatic hydroxyl groups excluding tert-OH is 1. The number of anilines is 1. The second kappa shape index (κ2) is 8.15. The second-order valence-corrected chi connectivity index (χ2v) is 10.8. The van der Waals surface area contributed by atoms with E-state index in [0.29, 0.717) is 24.7 Å². The Morgan fingerprint density at radius 3 is 2.58 bits per heavy atom. The monoisotopic (exact) mass is 445 g/mol. The Morgan fingerprint density at radius 2 is 1.88 bits per heavy atom. The van der Waals surface area contributed by atoms with Gasteiger partial charge in [-0.3, -0.25) is 4.79 Å². The Kier molecular flexibility index (Phi) is 5.54. The maximum Gasteiger partial charge on any atom is 0.156 e. The van der Waals surface area contributed by atoms with Gasteiger partial charge < -0.3 is 15.1 Å². The van der Waals surface area contributed by atoms with Crippen LogP contribution in [-0.2, 0) is 4.79 Å². The van der Waals surface area contributed by atoms with Crippen LogP contribution in [0.1, 0.15) is 63.4 Å². The summed E-state index contributed by atoms with van der Waals surface area (Å²) in [6.45, 7) is 2.01. The first-order chi connectivity index (χ1) is 15.8. The minimum Gasteiger partial charge on any atom is -0.384 e. The molecular weight excluding hydrogens is 410 g/mol. The predicted octanol–water partition coefficient (Wildman–Crippen LogP) is 4.38. The van der Waals surface area contributed by atoms with Crippen molar-refractivity contribution in [1.29, 1.82) is 0 Å². The molecule has 0 saturated heterocycles. The molecule has 0 aromatic heterocycles. The molecule has 4 aliphatic rings. The van der Waals surface area contributed by atoms with Gasteiger partial charge in [0.05, 0.1) is 0 Å². The Balaban J connectivity index is 1.66. The molecule has 0 heterocycles. The van der Waals surface area contributed by atoms with Gasteiger partial charge in [-0.1, -0.05) is 36.5 Å². The average Bonchev–Trinajstić information content (AvgIpc) is 3.07. The molecule has 2 saturated carbocycles. The topological polar surface area (TPSA) is 60.8 Å². The van der Waals surface area contributed by atoms with E-state index in [2.05, 4.69) is 62.0 Å². The second-order valence-electron chi connectivity index (χ2n) is 10.8. The van der Waals surface area contributed by atoms with Crippen molar-refractivity contribution in [3.63, 3.8) is 0 Å². The van der Waals surface area contributed by atoms with Gasteiger partial charge in [-0.25, -0.2) is 0 Å². The minimum absolute atomic E-state index is 0.208. The lowest BCUT2D eigenvalue weighted by atomic mass is 9.51. The van der Waals surface area contributed by atoms with E-state index < -0.39 is 5.60 Å². The average molecular weight is 446 g/mol. The van der Waals surface area contributed by atoms with Crippen molar-refractivity contribution in [2.75, 3.05) is 25.6 Å². The molecule has 174 valence electrons. The third-order valence-electron chi connectivity index (χ3n) is 9.07. The lowest BCUT2D eigenvalue weighted by Gasteiger charge is -2.53. The number of benzene rings is 1. The van der Waals surface area contributed by atoms with Crippen LogP contribution in [0.3, 0.4) is 0 Å². The summed E-state index contributed by atoms with van der Waals surface area (Å²) >= 11 is 0. The summed E-state index contributed by atoms with van der Waals surface area (Å²) in [5.41, 5.74) is 5.26. The quantitative estimate of drug-likeness (QED) is 0.664. The highest BCUT2D eigenvalue weighted by molar-refractivity contribution is 5.93. The highest BCUT2D eigenvalue weighted by Crippen LogP contribution is 2.66. The van der Waals surface area contributed by atoms with Crippen molar-refractivity contribution in [3.05, 3.63) is 52.6 Å². The van der Waals surface area contributed by atoms with Crippen molar-refractivity contribution < 1.29 is 15.0 Å². The zero-order valence-corrected chi connectivity index (χ0v) is 20.0. The van der Waals surface area contributed by atoms with Crippen LogP contribution in [0.5, 0.6) is 0 Å². The van der Waals surface area contributed by atoms with E-state index in [1.165, 1.54) is 28.0 Å². The fourth-order valence-corrected chi connectivity index (χ4v) is 7.36. The molecular formula is C29H35NO3. The highest BCUT2D eigenvalue weighted by atomic mass is 16.3. The van der Waals surface area contributed by atoms with Crippen LogP contribution in [0.4, 0.5) is 5.69 Å². The summed E-state index contributed by atoms with van der Waals surface area (Å²) in [6, 6.07) is 8.85. The lowest BCUT2D eigenvalue weighted by Crippen LogP contribution is -2.51. The number of nitrogens with zero attached hydrogens (tertiary/aromatic N) is 1. The number of fused-ring (bicyclic) bond motifs is 4. The van der Waals surface area contributed by atoms with Crippen molar-refractivity contribution in [1.82, 2.24) is 0 Å². The van der Waals surface area contributed by atoms with Crippen molar-refractivity contribution in [3.8, 4) is 11.8 Å². The molecule has 0 aliphatic heterocycles. The fourth-order valence-electron chi connectivity index (χ4n) is 7.36. The van der Waals surface area contributed by atoms with Gasteiger partial charge in [0, 0.05) is 37.5 Å². The van der Waals surface area contributed by atoms with Crippen LogP contribution in [-0.4, -0.2) is 42.3 Å². The van der Waals surface area contributed by atoms with Gasteiger partial charge >= 0.3 is 0 Å². The molecule has 4 nitrogen and oxygen atoms in total. The van der Waals surface area contributed by atoms with Gasteiger partial charge in [-0.05, 0) is 85.3 Å². The van der Waals surface area contributed by atoms with E-state index in [1.54, 1.807) is 0 Å². The number of rotatable bonds is 2. The summed E-state index contributed by atoms with van der Waals surface area (Å²) in [5, 5.41) is 21.1. The van der Waals surface area contributed by atoms with Gasteiger partial charge in [0.25, 0.3) is 0 Å². The summed E-state index contributed by atoms with van der Waals surface area (Å²) in [5.74, 6) is 7.10. The Morgan fingerprint density at radius 1 is 1.12 bits per heavy atom. The molecule has 4 aliphatic carbocycles. The summed E-state index contributed by atoms with van der Waals surface area (Å²) in [7, 11) is 4.11. The molecule has 1 unspecified atom stereocenters. The Bertz CT molecular complexity index is 1090. The van der Waals surface area contributed by atoms with Gasteiger partial charge in [-0.15, -0.1) is 0 Å². The van der Waals surface area contributed by atoms with E-state index in [0.717, 1.165) is 32.1 Å². The molecule has 5 rings (SSSR count). The molecule has 0 radical (unpaired) electrons. The molecule has 33 heavy (non-hydrogen) atoms. The van der Waals surface area contributed by atoms with E-state index in [1.807, 2.05) is 6.08 Å². The van der Waals surface area contributed by atoms with Crippen molar-refractivity contribution in [2.24, 2.45) is 17.3 Å². The van der Waals surface area contributed by atoms with Crippen molar-refractivity contribution >= 4 is 11.5 Å². The first-order valence-corrected chi connectivity index (χ1v) is 12.3. The van der Waals surface area contributed by atoms with E-state index in [-0.39, 0.29) is 23.7 Å². The minimum atomic E-state index is -1.07. The number of aliphatic hydroxyl groups is 2. The molecule has 1 aromatic carbocycles. The molecule has 0 amide bonds. The Labute approximate surface area is 197 Å². The molecule has 5 atom stereocenters. The van der Waals surface area contributed by atoms with Crippen LogP contribution in [0, 0.1) is 29.1 Å². The molecule has 4 heteroatoms.